The van der Waals surface area contributed by atoms with E-state index in [1.165, 1.54) is 11.8 Å². The molecule has 5 heterocycles. The molecule has 4 aromatic heterocycles. The van der Waals surface area contributed by atoms with Crippen molar-refractivity contribution in [3.63, 3.8) is 0 Å². The van der Waals surface area contributed by atoms with Crippen molar-refractivity contribution < 1.29 is 4.74 Å². The lowest BCUT2D eigenvalue weighted by molar-refractivity contribution is 0.0937. The molecule has 0 aliphatic carbocycles. The molecule has 1 aliphatic heterocycles. The Bertz CT molecular complexity index is 1460. The number of aromatic nitrogens is 4. The molecule has 0 bridgehead atoms. The van der Waals surface area contributed by atoms with Crippen molar-refractivity contribution >= 4 is 39.0 Å². The van der Waals surface area contributed by atoms with Gasteiger partial charge in [0.15, 0.2) is 5.16 Å². The molecule has 0 N–H and O–H groups in total. The van der Waals surface area contributed by atoms with Gasteiger partial charge in [0.05, 0.1) is 23.7 Å². The third-order valence-electron chi connectivity index (χ3n) is 6.13. The third kappa shape index (κ3) is 4.13. The van der Waals surface area contributed by atoms with Crippen molar-refractivity contribution in [2.45, 2.75) is 63.6 Å². The van der Waals surface area contributed by atoms with Crippen molar-refractivity contribution in [3.8, 4) is 0 Å². The highest BCUT2D eigenvalue weighted by molar-refractivity contribution is 7.98. The Balaban J connectivity index is 1.55. The normalized spacial score (nSPS) is 16.3. The maximum Gasteiger partial charge on any atom is 0.263 e. The Kier molecular flexibility index (Phi) is 6.11. The predicted molar refractivity (Wildman–Crippen MR) is 133 cm³/mol. The maximum absolute atomic E-state index is 13.6. The summed E-state index contributed by atoms with van der Waals surface area (Å²) < 4.78 is 9.16. The molecule has 172 valence electrons. The van der Waals surface area contributed by atoms with Crippen molar-refractivity contribution in [1.82, 2.24) is 18.9 Å². The largest absolute Gasteiger partial charge is 0.376 e. The van der Waals surface area contributed by atoms with E-state index in [-0.39, 0.29) is 17.2 Å². The lowest BCUT2D eigenvalue weighted by Crippen LogP contribution is -2.29. The van der Waals surface area contributed by atoms with Crippen LogP contribution in [0.5, 0.6) is 0 Å². The summed E-state index contributed by atoms with van der Waals surface area (Å²) in [4.78, 5) is 37.7. The van der Waals surface area contributed by atoms with Gasteiger partial charge in [0, 0.05) is 29.5 Å². The van der Waals surface area contributed by atoms with Crippen LogP contribution in [0.3, 0.4) is 0 Å². The van der Waals surface area contributed by atoms with Crippen LogP contribution in [-0.4, -0.2) is 31.6 Å². The number of ether oxygens (including phenoxy) is 1. The van der Waals surface area contributed by atoms with Crippen LogP contribution in [0.15, 0.2) is 39.1 Å². The zero-order valence-electron chi connectivity index (χ0n) is 19.0. The van der Waals surface area contributed by atoms with Crippen LogP contribution < -0.4 is 11.1 Å². The number of nitrogens with zero attached hydrogens (tertiary/aromatic N) is 4. The molecule has 0 radical (unpaired) electrons. The molecular weight excluding hydrogens is 456 g/mol. The average molecular weight is 483 g/mol. The van der Waals surface area contributed by atoms with Crippen LogP contribution in [0.1, 0.15) is 41.5 Å². The fraction of sp³-hybridized carbons (Fsp3) is 0.417. The van der Waals surface area contributed by atoms with Crippen LogP contribution in [0, 0.1) is 13.8 Å². The second kappa shape index (κ2) is 9.04. The van der Waals surface area contributed by atoms with Gasteiger partial charge in [-0.1, -0.05) is 24.8 Å². The monoisotopic (exact) mass is 482 g/mol. The number of thioether (sulfide) groups is 1. The van der Waals surface area contributed by atoms with Crippen LogP contribution in [0.25, 0.3) is 15.9 Å². The van der Waals surface area contributed by atoms with Gasteiger partial charge in [-0.25, -0.2) is 9.97 Å². The van der Waals surface area contributed by atoms with Crippen molar-refractivity contribution in [1.29, 1.82) is 0 Å². The molecule has 1 fully saturated rings. The van der Waals surface area contributed by atoms with E-state index < -0.39 is 0 Å². The van der Waals surface area contributed by atoms with E-state index in [4.69, 9.17) is 14.7 Å². The lowest BCUT2D eigenvalue weighted by atomic mass is 10.1. The number of aryl methyl sites for hydroxylation is 3. The first-order valence-corrected chi connectivity index (χ1v) is 13.0. The zero-order valence-corrected chi connectivity index (χ0v) is 20.6. The molecule has 9 heteroatoms. The summed E-state index contributed by atoms with van der Waals surface area (Å²) in [5.41, 5.74) is 3.25. The Hall–Kier alpha value is -2.49. The van der Waals surface area contributed by atoms with Crippen LogP contribution >= 0.6 is 23.1 Å². The van der Waals surface area contributed by atoms with Crippen molar-refractivity contribution in [2.75, 3.05) is 6.61 Å². The molecule has 0 saturated carbocycles. The third-order valence-corrected chi connectivity index (χ3v) is 8.18. The van der Waals surface area contributed by atoms with E-state index in [1.807, 2.05) is 19.1 Å². The molecule has 7 nitrogen and oxygen atoms in total. The smallest absolute Gasteiger partial charge is 0.263 e. The molecule has 0 amide bonds. The highest BCUT2D eigenvalue weighted by Gasteiger charge is 2.23. The second-order valence-corrected chi connectivity index (χ2v) is 10.5. The van der Waals surface area contributed by atoms with Crippen molar-refractivity contribution in [3.05, 3.63) is 66.8 Å². The summed E-state index contributed by atoms with van der Waals surface area (Å²) in [6.07, 6.45) is 4.52. The molecule has 1 unspecified atom stereocenters. The van der Waals surface area contributed by atoms with Gasteiger partial charge in [-0.3, -0.25) is 18.6 Å². The van der Waals surface area contributed by atoms with Crippen LogP contribution in [0.4, 0.5) is 0 Å². The van der Waals surface area contributed by atoms with Gasteiger partial charge in [0.2, 0.25) is 0 Å². The van der Waals surface area contributed by atoms with Gasteiger partial charge in [-0.15, -0.1) is 11.3 Å². The zero-order chi connectivity index (χ0) is 23.1. The number of hydrogen-bond acceptors (Lipinski definition) is 7. The number of pyridine rings is 1. The second-order valence-electron chi connectivity index (χ2n) is 8.37. The summed E-state index contributed by atoms with van der Waals surface area (Å²) in [6, 6.07) is 5.35. The fourth-order valence-corrected chi connectivity index (χ4v) is 6.50. The summed E-state index contributed by atoms with van der Waals surface area (Å²) in [5, 5.41) is 1.39. The van der Waals surface area contributed by atoms with Crippen LogP contribution in [0.2, 0.25) is 0 Å². The van der Waals surface area contributed by atoms with Gasteiger partial charge in [-0.2, -0.15) is 0 Å². The number of fused-ring (bicyclic) bond motifs is 2. The van der Waals surface area contributed by atoms with E-state index in [0.29, 0.717) is 28.8 Å². The first-order valence-electron chi connectivity index (χ1n) is 11.2. The van der Waals surface area contributed by atoms with Gasteiger partial charge in [0.25, 0.3) is 11.1 Å². The minimum absolute atomic E-state index is 0.00147. The molecule has 1 atom stereocenters. The molecule has 0 spiro atoms. The first kappa shape index (κ1) is 22.3. The maximum atomic E-state index is 13.6. The minimum atomic E-state index is -0.110. The summed E-state index contributed by atoms with van der Waals surface area (Å²) in [7, 11) is 0. The molecular formula is C24H26N4O3S2. The van der Waals surface area contributed by atoms with E-state index in [2.05, 4.69) is 13.8 Å². The Morgan fingerprint density at radius 2 is 2.12 bits per heavy atom. The molecule has 33 heavy (non-hydrogen) atoms. The van der Waals surface area contributed by atoms with E-state index in [1.54, 1.807) is 32.6 Å². The Labute approximate surface area is 199 Å². The summed E-state index contributed by atoms with van der Waals surface area (Å²) in [6.45, 7) is 7.30. The number of hydrogen-bond donors (Lipinski definition) is 0. The summed E-state index contributed by atoms with van der Waals surface area (Å²) in [5.74, 6) is 0.453. The standard InChI is InChI=1S/C24H26N4O3S2/c1-4-18-15(3)33-22-20(18)23(30)28(12-17-8-6-10-31-17)24(26-22)32-13-16-11-19(29)27-9-5-7-14(2)21(27)25-16/h5,7,9,11,17H,4,6,8,10,12-13H2,1-3H3. The molecule has 0 aromatic carbocycles. The molecule has 5 rings (SSSR count). The molecule has 1 saturated heterocycles. The summed E-state index contributed by atoms with van der Waals surface area (Å²) >= 11 is 3.02. The van der Waals surface area contributed by atoms with Gasteiger partial charge >= 0.3 is 0 Å². The van der Waals surface area contributed by atoms with E-state index in [0.717, 1.165) is 52.1 Å². The first-order chi connectivity index (χ1) is 16.0. The van der Waals surface area contributed by atoms with E-state index >= 15 is 0 Å². The molecule has 4 aromatic rings. The van der Waals surface area contributed by atoms with Gasteiger partial charge in [0.1, 0.15) is 10.5 Å². The quantitative estimate of drug-likeness (QED) is 0.304. The predicted octanol–water partition coefficient (Wildman–Crippen LogP) is 4.12. The fourth-order valence-electron chi connectivity index (χ4n) is 4.44. The van der Waals surface area contributed by atoms with Crippen molar-refractivity contribution in [2.24, 2.45) is 0 Å². The highest BCUT2D eigenvalue weighted by atomic mass is 32.2. The van der Waals surface area contributed by atoms with Gasteiger partial charge in [-0.05, 0) is 50.3 Å². The minimum Gasteiger partial charge on any atom is -0.376 e. The Morgan fingerprint density at radius 3 is 2.88 bits per heavy atom. The molecule has 1 aliphatic rings. The Morgan fingerprint density at radius 1 is 1.27 bits per heavy atom. The van der Waals surface area contributed by atoms with Crippen LogP contribution in [-0.2, 0) is 23.5 Å². The van der Waals surface area contributed by atoms with Gasteiger partial charge < -0.3 is 4.74 Å². The lowest BCUT2D eigenvalue weighted by Gasteiger charge is -2.16. The topological polar surface area (TPSA) is 78.5 Å². The average Bonchev–Trinajstić information content (AvgIpc) is 3.42. The van der Waals surface area contributed by atoms with E-state index in [9.17, 15) is 9.59 Å². The highest BCUT2D eigenvalue weighted by Crippen LogP contribution is 2.30. The SMILES string of the molecule is CCc1c(C)sc2nc(SCc3cc(=O)n4cccc(C)c4n3)n(CC3CCCO3)c(=O)c12. The number of thiophene rings is 1. The number of rotatable bonds is 6.